The number of rotatable bonds is 8. The Bertz CT molecular complexity index is 1100. The van der Waals surface area contributed by atoms with Crippen molar-refractivity contribution >= 4 is 52.6 Å². The summed E-state index contributed by atoms with van der Waals surface area (Å²) in [7, 11) is 1.32. The third-order valence-electron chi connectivity index (χ3n) is 5.92. The van der Waals surface area contributed by atoms with Gasteiger partial charge in [-0.05, 0) is 51.0 Å². The number of carbonyl (C=O) groups is 3. The van der Waals surface area contributed by atoms with Crippen molar-refractivity contribution in [3.05, 3.63) is 58.6 Å². The summed E-state index contributed by atoms with van der Waals surface area (Å²) < 4.78 is 4.67. The molecule has 2 N–H and O–H groups in total. The van der Waals surface area contributed by atoms with Gasteiger partial charge in [0.1, 0.15) is 0 Å². The van der Waals surface area contributed by atoms with Gasteiger partial charge in [0.05, 0.1) is 34.1 Å². The molecule has 0 radical (unpaired) electrons. The Morgan fingerprint density at radius 3 is 2.34 bits per heavy atom. The minimum absolute atomic E-state index is 0.225. The predicted molar refractivity (Wildman–Crippen MR) is 134 cm³/mol. The summed E-state index contributed by atoms with van der Waals surface area (Å²) in [5.74, 6) is -0.328. The molecule has 188 valence electrons. The molecule has 0 bridgehead atoms. The Morgan fingerprint density at radius 1 is 1.09 bits per heavy atom. The van der Waals surface area contributed by atoms with Crippen LogP contribution in [0.2, 0.25) is 10.0 Å². The van der Waals surface area contributed by atoms with Crippen LogP contribution in [0.5, 0.6) is 0 Å². The number of nitrogens with zero attached hydrogens (tertiary/aromatic N) is 3. The fraction of sp³-hybridized carbons (Fsp3) is 0.375. The van der Waals surface area contributed by atoms with Crippen LogP contribution >= 0.6 is 23.2 Å². The highest BCUT2D eigenvalue weighted by Gasteiger charge is 2.56. The Balaban J connectivity index is 1.91. The van der Waals surface area contributed by atoms with Crippen molar-refractivity contribution in [3.8, 4) is 0 Å². The fourth-order valence-corrected chi connectivity index (χ4v) is 4.51. The van der Waals surface area contributed by atoms with Crippen LogP contribution in [0.15, 0.2) is 48.5 Å². The zero-order valence-corrected chi connectivity index (χ0v) is 21.2. The first kappa shape index (κ1) is 26.6. The van der Waals surface area contributed by atoms with E-state index >= 15 is 0 Å². The lowest BCUT2D eigenvalue weighted by molar-refractivity contribution is -0.140. The topological polar surface area (TPSA) is 102 Å². The summed E-state index contributed by atoms with van der Waals surface area (Å²) in [5.41, 5.74) is -0.378. The van der Waals surface area contributed by atoms with Gasteiger partial charge >= 0.3 is 18.0 Å². The van der Waals surface area contributed by atoms with E-state index in [9.17, 15) is 19.6 Å². The molecular weight excluding hydrogens is 495 g/mol. The van der Waals surface area contributed by atoms with Gasteiger partial charge in [-0.25, -0.2) is 9.59 Å². The van der Waals surface area contributed by atoms with Crippen LogP contribution in [-0.2, 0) is 9.53 Å². The maximum absolute atomic E-state index is 13.6. The van der Waals surface area contributed by atoms with Crippen LogP contribution in [0, 0.1) is 0 Å². The highest BCUT2D eigenvalue weighted by Crippen LogP contribution is 2.40. The molecule has 1 heterocycles. The lowest BCUT2D eigenvalue weighted by Crippen LogP contribution is -2.58. The first-order chi connectivity index (χ1) is 16.6. The Hall–Kier alpha value is -3.01. The zero-order chi connectivity index (χ0) is 25.8. The van der Waals surface area contributed by atoms with Gasteiger partial charge in [-0.15, -0.1) is 0 Å². The maximum atomic E-state index is 13.6. The van der Waals surface area contributed by atoms with E-state index in [1.807, 2.05) is 0 Å². The number of amides is 4. The molecule has 1 saturated heterocycles. The number of hydrogen-bond acceptors (Lipinski definition) is 5. The van der Waals surface area contributed by atoms with Gasteiger partial charge in [-0.3, -0.25) is 14.9 Å². The van der Waals surface area contributed by atoms with Crippen molar-refractivity contribution < 1.29 is 24.3 Å². The van der Waals surface area contributed by atoms with Crippen LogP contribution < -0.4 is 10.2 Å². The molecule has 3 rings (SSSR count). The van der Waals surface area contributed by atoms with Crippen molar-refractivity contribution in [2.24, 2.45) is 0 Å². The minimum atomic E-state index is -1.13. The predicted octanol–water partition coefficient (Wildman–Crippen LogP) is 5.61. The second-order valence-electron chi connectivity index (χ2n) is 8.57. The van der Waals surface area contributed by atoms with Crippen LogP contribution in [0.1, 0.15) is 33.1 Å². The van der Waals surface area contributed by atoms with Gasteiger partial charge in [-0.1, -0.05) is 47.5 Å². The van der Waals surface area contributed by atoms with Gasteiger partial charge < -0.3 is 15.0 Å². The Labute approximate surface area is 214 Å². The van der Waals surface area contributed by atoms with Crippen LogP contribution in [0.25, 0.3) is 0 Å². The molecule has 4 amide bonds. The van der Waals surface area contributed by atoms with Crippen molar-refractivity contribution in [1.82, 2.24) is 9.96 Å². The molecule has 0 spiro atoms. The first-order valence-corrected chi connectivity index (χ1v) is 11.8. The number of benzene rings is 2. The van der Waals surface area contributed by atoms with Gasteiger partial charge in [0.25, 0.3) is 0 Å². The highest BCUT2D eigenvalue weighted by atomic mass is 35.5. The molecule has 1 unspecified atom stereocenters. The van der Waals surface area contributed by atoms with Crippen LogP contribution in [0.3, 0.4) is 0 Å². The Morgan fingerprint density at radius 2 is 1.71 bits per heavy atom. The summed E-state index contributed by atoms with van der Waals surface area (Å²) >= 11 is 12.6. The number of carbonyl (C=O) groups excluding carboxylic acids is 3. The molecule has 0 aromatic heterocycles. The highest BCUT2D eigenvalue weighted by molar-refractivity contribution is 6.34. The molecule has 1 atom stereocenters. The molecule has 0 aliphatic carbocycles. The number of hydroxylamine groups is 2. The van der Waals surface area contributed by atoms with E-state index in [4.69, 9.17) is 23.2 Å². The van der Waals surface area contributed by atoms with Gasteiger partial charge in [0.2, 0.25) is 0 Å². The molecule has 9 nitrogen and oxygen atoms in total. The van der Waals surface area contributed by atoms with Gasteiger partial charge in [0, 0.05) is 13.0 Å². The minimum Gasteiger partial charge on any atom is -0.469 e. The largest absolute Gasteiger partial charge is 0.469 e. The maximum Gasteiger partial charge on any atom is 0.347 e. The zero-order valence-electron chi connectivity index (χ0n) is 19.7. The number of anilines is 2. The second-order valence-corrected chi connectivity index (χ2v) is 9.39. The number of urea groups is 2. The quantitative estimate of drug-likeness (QED) is 0.203. The van der Waals surface area contributed by atoms with Crippen molar-refractivity contribution in [2.45, 2.75) is 44.8 Å². The van der Waals surface area contributed by atoms with E-state index in [1.165, 1.54) is 12.0 Å². The SMILES string of the molecule is COC(=O)CCCCN1C(=O)N(c2ccccc2Cl)C(N(O)C(=O)Nc2ccccc2Cl)C1(C)C. The van der Waals surface area contributed by atoms with E-state index in [2.05, 4.69) is 10.1 Å². The molecule has 1 aliphatic heterocycles. The monoisotopic (exact) mass is 522 g/mol. The van der Waals surface area contributed by atoms with Crippen LogP contribution in [-0.4, -0.2) is 58.6 Å². The molecule has 2 aromatic carbocycles. The molecule has 35 heavy (non-hydrogen) atoms. The van der Waals surface area contributed by atoms with E-state index in [-0.39, 0.29) is 17.4 Å². The molecule has 1 fully saturated rings. The summed E-state index contributed by atoms with van der Waals surface area (Å²) in [6, 6.07) is 12.0. The number of nitrogens with one attached hydrogen (secondary N) is 1. The number of para-hydroxylation sites is 2. The molecule has 1 aliphatic rings. The van der Waals surface area contributed by atoms with E-state index in [0.29, 0.717) is 40.8 Å². The van der Waals surface area contributed by atoms with E-state index < -0.39 is 23.8 Å². The average molecular weight is 523 g/mol. The second kappa shape index (κ2) is 11.2. The Kier molecular flexibility index (Phi) is 8.47. The molecule has 0 saturated carbocycles. The molecule has 11 heteroatoms. The summed E-state index contributed by atoms with van der Waals surface area (Å²) in [4.78, 5) is 41.0. The normalized spacial score (nSPS) is 16.9. The summed E-state index contributed by atoms with van der Waals surface area (Å²) in [6.45, 7) is 3.79. The number of unbranched alkanes of at least 4 members (excludes halogenated alkanes) is 1. The first-order valence-electron chi connectivity index (χ1n) is 11.1. The standard InChI is InChI=1S/C24H28Cl2N4O5/c1-24(2)21(30(34)22(32)27-18-12-6-4-10-16(18)25)29(19-13-7-5-11-17(19)26)23(33)28(24)15-9-8-14-20(31)35-3/h4-7,10-13,21,34H,8-9,14-15H2,1-3H3,(H,27,32). The molecule has 2 aromatic rings. The lowest BCUT2D eigenvalue weighted by Gasteiger charge is -2.38. The summed E-state index contributed by atoms with van der Waals surface area (Å²) in [5, 5.41) is 14.7. The number of hydrogen-bond donors (Lipinski definition) is 2. The van der Waals surface area contributed by atoms with E-state index in [0.717, 1.165) is 0 Å². The third-order valence-corrected chi connectivity index (χ3v) is 6.57. The lowest BCUT2D eigenvalue weighted by atomic mass is 9.99. The number of methoxy groups -OCH3 is 1. The number of halogens is 2. The third kappa shape index (κ3) is 5.63. The number of ether oxygens (including phenoxy) is 1. The van der Waals surface area contributed by atoms with Gasteiger partial charge in [-0.2, -0.15) is 5.06 Å². The smallest absolute Gasteiger partial charge is 0.347 e. The van der Waals surface area contributed by atoms with E-state index in [1.54, 1.807) is 67.3 Å². The van der Waals surface area contributed by atoms with Gasteiger partial charge in [0.15, 0.2) is 6.17 Å². The van der Waals surface area contributed by atoms with Crippen molar-refractivity contribution in [2.75, 3.05) is 23.9 Å². The average Bonchev–Trinajstić information content (AvgIpc) is 3.02. The number of esters is 1. The van der Waals surface area contributed by atoms with Crippen molar-refractivity contribution in [1.29, 1.82) is 0 Å². The van der Waals surface area contributed by atoms with Crippen molar-refractivity contribution in [3.63, 3.8) is 0 Å². The fourth-order valence-electron chi connectivity index (χ4n) is 4.10. The van der Waals surface area contributed by atoms with Crippen LogP contribution in [0.4, 0.5) is 21.0 Å². The molecular formula is C24H28Cl2N4O5. The summed E-state index contributed by atoms with van der Waals surface area (Å²) in [6.07, 6.45) is 0.130.